The summed E-state index contributed by atoms with van der Waals surface area (Å²) in [6.07, 6.45) is 2.91. The maximum Gasteiger partial charge on any atom is 0.142 e. The molecule has 2 aromatic carbocycles. The van der Waals surface area contributed by atoms with Crippen LogP contribution in [0.15, 0.2) is 54.9 Å². The van der Waals surface area contributed by atoms with E-state index in [1.165, 1.54) is 12.3 Å². The predicted octanol–water partition coefficient (Wildman–Crippen LogP) is 4.02. The molecule has 0 atom stereocenters. The first-order valence-corrected chi connectivity index (χ1v) is 7.20. The zero-order valence-corrected chi connectivity index (χ0v) is 11.9. The van der Waals surface area contributed by atoms with Crippen molar-refractivity contribution >= 4 is 43.9 Å². The van der Waals surface area contributed by atoms with Gasteiger partial charge in [-0.05, 0) is 30.3 Å². The van der Waals surface area contributed by atoms with Crippen molar-refractivity contribution in [1.29, 1.82) is 0 Å². The largest absolute Gasteiger partial charge is 0.254 e. The molecule has 0 aliphatic heterocycles. The number of rotatable bonds is 0. The number of aromatic nitrogens is 4. The van der Waals surface area contributed by atoms with E-state index in [9.17, 15) is 4.39 Å². The number of hydrogen-bond donors (Lipinski definition) is 0. The van der Waals surface area contributed by atoms with Gasteiger partial charge in [-0.1, -0.05) is 12.1 Å². The molecule has 0 saturated carbocycles. The van der Waals surface area contributed by atoms with Gasteiger partial charge in [0.1, 0.15) is 5.82 Å². The number of pyridine rings is 2. The molecule has 0 radical (unpaired) electrons. The fourth-order valence-corrected chi connectivity index (χ4v) is 2.97. The van der Waals surface area contributed by atoms with Crippen molar-refractivity contribution in [3.8, 4) is 0 Å². The van der Waals surface area contributed by atoms with Crippen LogP contribution in [0, 0.1) is 5.82 Å². The predicted molar refractivity (Wildman–Crippen MR) is 87.6 cm³/mol. The quantitative estimate of drug-likeness (QED) is 0.320. The second-order valence-corrected chi connectivity index (χ2v) is 5.36. The van der Waals surface area contributed by atoms with Crippen LogP contribution in [0.25, 0.3) is 43.9 Å². The van der Waals surface area contributed by atoms with E-state index in [0.29, 0.717) is 27.5 Å². The monoisotopic (exact) mass is 300 g/mol. The van der Waals surface area contributed by atoms with Gasteiger partial charge in [0.25, 0.3) is 0 Å². The van der Waals surface area contributed by atoms with Crippen molar-refractivity contribution < 1.29 is 4.39 Å². The van der Waals surface area contributed by atoms with Crippen molar-refractivity contribution in [3.05, 3.63) is 60.7 Å². The molecule has 5 aromatic rings. The van der Waals surface area contributed by atoms with E-state index in [0.717, 1.165) is 16.4 Å². The summed E-state index contributed by atoms with van der Waals surface area (Å²) in [6.45, 7) is 0. The summed E-state index contributed by atoms with van der Waals surface area (Å²) < 4.78 is 13.7. The van der Waals surface area contributed by atoms with Crippen LogP contribution in [0.2, 0.25) is 0 Å². The second kappa shape index (κ2) is 4.39. The highest BCUT2D eigenvalue weighted by molar-refractivity contribution is 6.21. The molecule has 5 rings (SSSR count). The Kier molecular flexibility index (Phi) is 2.36. The molecule has 23 heavy (non-hydrogen) atoms. The summed E-state index contributed by atoms with van der Waals surface area (Å²) in [5.74, 6) is -0.399. The third kappa shape index (κ3) is 1.70. The van der Waals surface area contributed by atoms with Gasteiger partial charge in [0.15, 0.2) is 0 Å². The van der Waals surface area contributed by atoms with Crippen LogP contribution in [-0.4, -0.2) is 19.9 Å². The van der Waals surface area contributed by atoms with Gasteiger partial charge in [-0.2, -0.15) is 0 Å². The molecule has 0 unspecified atom stereocenters. The average molecular weight is 300 g/mol. The van der Waals surface area contributed by atoms with Gasteiger partial charge in [0.2, 0.25) is 0 Å². The first kappa shape index (κ1) is 12.3. The number of benzene rings is 2. The molecule has 108 valence electrons. The summed E-state index contributed by atoms with van der Waals surface area (Å²) in [7, 11) is 0. The minimum absolute atomic E-state index is 0.399. The molecule has 0 fully saturated rings. The van der Waals surface area contributed by atoms with Gasteiger partial charge >= 0.3 is 0 Å². The summed E-state index contributed by atoms with van der Waals surface area (Å²) in [5, 5.41) is 1.50. The number of hydrogen-bond acceptors (Lipinski definition) is 4. The first-order valence-electron chi connectivity index (χ1n) is 7.20. The summed E-state index contributed by atoms with van der Waals surface area (Å²) in [5.41, 5.74) is 4.28. The van der Waals surface area contributed by atoms with Crippen molar-refractivity contribution in [2.24, 2.45) is 0 Å². The van der Waals surface area contributed by atoms with Gasteiger partial charge in [0, 0.05) is 17.0 Å². The maximum atomic E-state index is 13.7. The second-order valence-electron chi connectivity index (χ2n) is 5.36. The van der Waals surface area contributed by atoms with Gasteiger partial charge in [-0.15, -0.1) is 0 Å². The maximum absolute atomic E-state index is 13.7. The molecule has 4 nitrogen and oxygen atoms in total. The van der Waals surface area contributed by atoms with E-state index in [-0.39, 0.29) is 0 Å². The normalized spacial score (nSPS) is 11.7. The SMILES string of the molecule is Fc1cnc2c(c1)c1nc3ccccc3nc1c1cccnc12. The van der Waals surface area contributed by atoms with E-state index in [2.05, 4.69) is 9.97 Å². The lowest BCUT2D eigenvalue weighted by molar-refractivity contribution is 0.624. The highest BCUT2D eigenvalue weighted by atomic mass is 19.1. The molecule has 0 spiro atoms. The van der Waals surface area contributed by atoms with Gasteiger partial charge in [-0.3, -0.25) is 9.97 Å². The lowest BCUT2D eigenvalue weighted by Crippen LogP contribution is -1.94. The molecular formula is C18H9FN4. The molecule has 0 N–H and O–H groups in total. The van der Waals surface area contributed by atoms with Crippen LogP contribution in [0.3, 0.4) is 0 Å². The smallest absolute Gasteiger partial charge is 0.142 e. The van der Waals surface area contributed by atoms with E-state index < -0.39 is 5.82 Å². The highest BCUT2D eigenvalue weighted by Crippen LogP contribution is 2.31. The molecule has 3 heterocycles. The molecule has 0 bridgehead atoms. The van der Waals surface area contributed by atoms with Crippen LogP contribution in [0.1, 0.15) is 0 Å². The zero-order chi connectivity index (χ0) is 15.4. The van der Waals surface area contributed by atoms with Crippen molar-refractivity contribution in [1.82, 2.24) is 19.9 Å². The lowest BCUT2D eigenvalue weighted by Gasteiger charge is -2.08. The molecule has 0 saturated heterocycles. The molecule has 0 aliphatic carbocycles. The fourth-order valence-electron chi connectivity index (χ4n) is 2.97. The van der Waals surface area contributed by atoms with Gasteiger partial charge < -0.3 is 0 Å². The molecule has 5 heteroatoms. The summed E-state index contributed by atoms with van der Waals surface area (Å²) >= 11 is 0. The number of nitrogens with zero attached hydrogens (tertiary/aromatic N) is 4. The molecule has 0 aliphatic rings. The zero-order valence-electron chi connectivity index (χ0n) is 11.9. The minimum atomic E-state index is -0.399. The topological polar surface area (TPSA) is 51.6 Å². The van der Waals surface area contributed by atoms with Crippen molar-refractivity contribution in [3.63, 3.8) is 0 Å². The average Bonchev–Trinajstić information content (AvgIpc) is 2.60. The first-order chi connectivity index (χ1) is 11.3. The fraction of sp³-hybridized carbons (Fsp3) is 0. The third-order valence-corrected chi connectivity index (χ3v) is 3.97. The Hall–Kier alpha value is -3.21. The summed E-state index contributed by atoms with van der Waals surface area (Å²) in [4.78, 5) is 18.1. The van der Waals surface area contributed by atoms with Gasteiger partial charge in [0.05, 0.1) is 39.3 Å². The Morgan fingerprint density at radius 2 is 1.39 bits per heavy atom. The number of halogens is 1. The molecular weight excluding hydrogens is 291 g/mol. The van der Waals surface area contributed by atoms with E-state index in [1.54, 1.807) is 6.20 Å². The van der Waals surface area contributed by atoms with Crippen molar-refractivity contribution in [2.75, 3.05) is 0 Å². The Bertz CT molecular complexity index is 1230. The van der Waals surface area contributed by atoms with Crippen LogP contribution in [0.5, 0.6) is 0 Å². The Labute approximate surface area is 129 Å². The number of fused-ring (bicyclic) bond motifs is 7. The highest BCUT2D eigenvalue weighted by Gasteiger charge is 2.14. The molecule has 0 amide bonds. The van der Waals surface area contributed by atoms with Gasteiger partial charge in [-0.25, -0.2) is 14.4 Å². The standard InChI is InChI=1S/C18H9FN4/c19-10-8-12-16(21-9-10)15-11(4-3-7-20-15)17-18(12)23-14-6-2-1-5-13(14)22-17/h1-9H. The van der Waals surface area contributed by atoms with Crippen molar-refractivity contribution in [2.45, 2.75) is 0 Å². The van der Waals surface area contributed by atoms with Crippen LogP contribution in [-0.2, 0) is 0 Å². The Balaban J connectivity index is 2.16. The molecule has 3 aromatic heterocycles. The minimum Gasteiger partial charge on any atom is -0.254 e. The lowest BCUT2D eigenvalue weighted by atomic mass is 10.1. The van der Waals surface area contributed by atoms with Crippen LogP contribution in [0.4, 0.5) is 4.39 Å². The summed E-state index contributed by atoms with van der Waals surface area (Å²) in [6, 6.07) is 12.9. The van der Waals surface area contributed by atoms with E-state index in [4.69, 9.17) is 9.97 Å². The number of para-hydroxylation sites is 2. The Morgan fingerprint density at radius 1 is 0.696 bits per heavy atom. The van der Waals surface area contributed by atoms with Crippen LogP contribution >= 0.6 is 0 Å². The van der Waals surface area contributed by atoms with E-state index in [1.807, 2.05) is 36.4 Å². The van der Waals surface area contributed by atoms with Crippen LogP contribution < -0.4 is 0 Å². The van der Waals surface area contributed by atoms with E-state index >= 15 is 0 Å². The Morgan fingerprint density at radius 3 is 2.17 bits per heavy atom. The third-order valence-electron chi connectivity index (χ3n) is 3.97.